The van der Waals surface area contributed by atoms with Crippen molar-refractivity contribution in [1.82, 2.24) is 0 Å². The molecule has 5 nitrogen and oxygen atoms in total. The summed E-state index contributed by atoms with van der Waals surface area (Å²) in [7, 11) is 0. The lowest BCUT2D eigenvalue weighted by molar-refractivity contribution is -0.500. The van der Waals surface area contributed by atoms with Crippen molar-refractivity contribution in [3.63, 3.8) is 0 Å². The second kappa shape index (κ2) is 4.78. The molecule has 0 unspecified atom stereocenters. The fourth-order valence-electron chi connectivity index (χ4n) is 0.234. The van der Waals surface area contributed by atoms with Crippen molar-refractivity contribution < 1.29 is 24.7 Å². The Hall–Kier alpha value is -1.07. The first-order valence-corrected chi connectivity index (χ1v) is 2.44. The molecule has 1 radical (unpaired) electrons. The lowest BCUT2D eigenvalue weighted by Gasteiger charge is -1.98. The maximum absolute atomic E-state index is 10.1. The van der Waals surface area contributed by atoms with E-state index in [4.69, 9.17) is 5.26 Å². The highest BCUT2D eigenvalue weighted by Crippen LogP contribution is 1.91. The van der Waals surface area contributed by atoms with E-state index in [0.717, 1.165) is 0 Å². The third kappa shape index (κ3) is 5.07. The largest absolute Gasteiger partial charge is 0.543 e. The van der Waals surface area contributed by atoms with Gasteiger partial charge in [0.25, 0.3) is 0 Å². The third-order valence-electron chi connectivity index (χ3n) is 0.538. The summed E-state index contributed by atoms with van der Waals surface area (Å²) >= 11 is 0. The standard InChI is InChI=1S/C5H7O5/c1-4(2)3-8-5(6)9-10-7/h1,3H2,2H3. The van der Waals surface area contributed by atoms with Crippen LogP contribution in [0, 0.1) is 0 Å². The Morgan fingerprint density at radius 2 is 2.20 bits per heavy atom. The van der Waals surface area contributed by atoms with Crippen molar-refractivity contribution in [1.29, 1.82) is 0 Å². The predicted octanol–water partition coefficient (Wildman–Crippen LogP) is 0.993. The van der Waals surface area contributed by atoms with Gasteiger partial charge in [0, 0.05) is 10.3 Å². The number of ether oxygens (including phenoxy) is 1. The Morgan fingerprint density at radius 1 is 1.60 bits per heavy atom. The zero-order valence-corrected chi connectivity index (χ0v) is 5.46. The summed E-state index contributed by atoms with van der Waals surface area (Å²) in [5, 5.41) is 11.9. The second-order valence-corrected chi connectivity index (χ2v) is 1.65. The van der Waals surface area contributed by atoms with Gasteiger partial charge >= 0.3 is 6.16 Å². The molecule has 0 atom stereocenters. The van der Waals surface area contributed by atoms with Crippen LogP contribution in [0.2, 0.25) is 0 Å². The van der Waals surface area contributed by atoms with Crippen molar-refractivity contribution in [2.45, 2.75) is 6.92 Å². The lowest BCUT2D eigenvalue weighted by atomic mass is 10.4. The number of carbonyl (C=O) groups is 1. The van der Waals surface area contributed by atoms with Gasteiger partial charge in [-0.1, -0.05) is 6.58 Å². The molecule has 0 amide bonds. The van der Waals surface area contributed by atoms with E-state index in [1.165, 1.54) is 0 Å². The van der Waals surface area contributed by atoms with E-state index < -0.39 is 6.16 Å². The first-order chi connectivity index (χ1) is 4.66. The van der Waals surface area contributed by atoms with Crippen LogP contribution >= 0.6 is 0 Å². The van der Waals surface area contributed by atoms with Gasteiger partial charge in [-0.25, -0.2) is 9.68 Å². The first kappa shape index (κ1) is 8.93. The zero-order chi connectivity index (χ0) is 7.98. The molecule has 0 aromatic heterocycles. The van der Waals surface area contributed by atoms with Crippen molar-refractivity contribution in [2.75, 3.05) is 6.61 Å². The zero-order valence-electron chi connectivity index (χ0n) is 5.46. The van der Waals surface area contributed by atoms with Crippen molar-refractivity contribution in [2.24, 2.45) is 0 Å². The van der Waals surface area contributed by atoms with Crippen LogP contribution in [-0.2, 0) is 19.9 Å². The Morgan fingerprint density at radius 3 is 2.60 bits per heavy atom. The van der Waals surface area contributed by atoms with E-state index in [9.17, 15) is 4.79 Å². The van der Waals surface area contributed by atoms with E-state index in [1.807, 2.05) is 0 Å². The molecule has 0 aromatic carbocycles. The summed E-state index contributed by atoms with van der Waals surface area (Å²) in [5.41, 5.74) is 0.642. The van der Waals surface area contributed by atoms with Gasteiger partial charge in [0.1, 0.15) is 6.61 Å². The molecular weight excluding hydrogens is 140 g/mol. The molecular formula is C5H7O5. The average molecular weight is 147 g/mol. The van der Waals surface area contributed by atoms with Crippen molar-refractivity contribution >= 4 is 6.16 Å². The fraction of sp³-hybridized carbons (Fsp3) is 0.400. The molecule has 0 aliphatic heterocycles. The van der Waals surface area contributed by atoms with Crippen LogP contribution in [0.3, 0.4) is 0 Å². The Balaban J connectivity index is 3.30. The molecule has 0 rings (SSSR count). The molecule has 0 saturated heterocycles. The van der Waals surface area contributed by atoms with Crippen molar-refractivity contribution in [3.05, 3.63) is 12.2 Å². The van der Waals surface area contributed by atoms with E-state index in [0.29, 0.717) is 5.57 Å². The SMILES string of the molecule is C=C(C)COC(=O)OO[O]. The van der Waals surface area contributed by atoms with Crippen LogP contribution in [0.1, 0.15) is 6.92 Å². The summed E-state index contributed by atoms with van der Waals surface area (Å²) in [4.78, 5) is 13.6. The lowest BCUT2D eigenvalue weighted by Crippen LogP contribution is -2.07. The molecule has 57 valence electrons. The monoisotopic (exact) mass is 147 g/mol. The molecule has 0 aliphatic carbocycles. The van der Waals surface area contributed by atoms with Gasteiger partial charge in [-0.15, -0.1) is 0 Å². The topological polar surface area (TPSA) is 64.7 Å². The molecule has 0 aliphatic rings. The van der Waals surface area contributed by atoms with E-state index >= 15 is 0 Å². The highest BCUT2D eigenvalue weighted by atomic mass is 17.5. The fourth-order valence-corrected chi connectivity index (χ4v) is 0.234. The Kier molecular flexibility index (Phi) is 4.26. The van der Waals surface area contributed by atoms with E-state index in [1.54, 1.807) is 6.92 Å². The van der Waals surface area contributed by atoms with Gasteiger partial charge in [0.05, 0.1) is 0 Å². The number of hydrogen-bond donors (Lipinski definition) is 0. The van der Waals surface area contributed by atoms with Gasteiger partial charge < -0.3 is 4.74 Å². The quantitative estimate of drug-likeness (QED) is 0.258. The van der Waals surface area contributed by atoms with Gasteiger partial charge in [-0.3, -0.25) is 0 Å². The summed E-state index contributed by atoms with van der Waals surface area (Å²) < 4.78 is 4.26. The minimum absolute atomic E-state index is 0.0161. The first-order valence-electron chi connectivity index (χ1n) is 2.44. The number of carbonyl (C=O) groups excluding carboxylic acids is 1. The second-order valence-electron chi connectivity index (χ2n) is 1.65. The molecule has 0 spiro atoms. The number of hydrogen-bond acceptors (Lipinski definition) is 4. The van der Waals surface area contributed by atoms with E-state index in [2.05, 4.69) is 21.2 Å². The summed E-state index contributed by atoms with van der Waals surface area (Å²) in [6.07, 6.45) is -1.17. The van der Waals surface area contributed by atoms with E-state index in [-0.39, 0.29) is 6.61 Å². The molecule has 0 saturated carbocycles. The maximum Gasteiger partial charge on any atom is 0.543 e. The van der Waals surface area contributed by atoms with Gasteiger partial charge in [0.15, 0.2) is 0 Å². The van der Waals surface area contributed by atoms with Crippen LogP contribution < -0.4 is 0 Å². The summed E-state index contributed by atoms with van der Waals surface area (Å²) in [6.45, 7) is 5.11. The average Bonchev–Trinajstić information content (AvgIpc) is 1.85. The van der Waals surface area contributed by atoms with Gasteiger partial charge in [-0.2, -0.15) is 0 Å². The molecule has 5 heteroatoms. The smallest absolute Gasteiger partial charge is 0.428 e. The summed E-state index contributed by atoms with van der Waals surface area (Å²) in [5.74, 6) is 0. The minimum Gasteiger partial charge on any atom is -0.428 e. The summed E-state index contributed by atoms with van der Waals surface area (Å²) in [6, 6.07) is 0. The van der Waals surface area contributed by atoms with Gasteiger partial charge in [-0.05, 0) is 12.5 Å². The Labute approximate surface area is 57.7 Å². The highest BCUT2D eigenvalue weighted by molar-refractivity contribution is 5.59. The molecule has 10 heavy (non-hydrogen) atoms. The van der Waals surface area contributed by atoms with Crippen LogP contribution in [0.4, 0.5) is 4.79 Å². The van der Waals surface area contributed by atoms with Crippen LogP contribution in [0.15, 0.2) is 12.2 Å². The van der Waals surface area contributed by atoms with Crippen LogP contribution in [-0.4, -0.2) is 12.8 Å². The van der Waals surface area contributed by atoms with Crippen molar-refractivity contribution in [3.8, 4) is 0 Å². The van der Waals surface area contributed by atoms with Crippen LogP contribution in [0.25, 0.3) is 0 Å². The normalized spacial score (nSPS) is 8.60. The van der Waals surface area contributed by atoms with Crippen LogP contribution in [0.5, 0.6) is 0 Å². The third-order valence-corrected chi connectivity index (χ3v) is 0.538. The van der Waals surface area contributed by atoms with Gasteiger partial charge in [0.2, 0.25) is 0 Å². The Bertz CT molecular complexity index is 130. The molecule has 0 fully saturated rings. The molecule has 0 N–H and O–H groups in total. The highest BCUT2D eigenvalue weighted by Gasteiger charge is 2.03. The maximum atomic E-state index is 10.1. The number of rotatable bonds is 3. The molecule has 0 aromatic rings. The molecule has 0 bridgehead atoms. The minimum atomic E-state index is -1.17. The predicted molar refractivity (Wildman–Crippen MR) is 29.0 cm³/mol. The molecule has 0 heterocycles.